The number of para-hydroxylation sites is 2. The first-order chi connectivity index (χ1) is 13.1. The van der Waals surface area contributed by atoms with Gasteiger partial charge in [0.25, 0.3) is 0 Å². The summed E-state index contributed by atoms with van der Waals surface area (Å²) in [5.74, 6) is -0.408. The molecule has 3 aromatic rings. The molecule has 6 heteroatoms. The summed E-state index contributed by atoms with van der Waals surface area (Å²) in [5.41, 5.74) is 3.75. The summed E-state index contributed by atoms with van der Waals surface area (Å²) in [6, 6.07) is 16.4. The number of rotatable bonds is 6. The van der Waals surface area contributed by atoms with Crippen LogP contribution in [0.25, 0.3) is 10.8 Å². The minimum atomic E-state index is -2.95. The van der Waals surface area contributed by atoms with Crippen LogP contribution >= 0.6 is 0 Å². The van der Waals surface area contributed by atoms with Crippen molar-refractivity contribution in [1.29, 1.82) is 0 Å². The van der Waals surface area contributed by atoms with E-state index in [0.717, 1.165) is 23.9 Å². The number of aryl methyl sites for hydroxylation is 2. The Kier molecular flexibility index (Phi) is 4.62. The van der Waals surface area contributed by atoms with Gasteiger partial charge in [-0.05, 0) is 47.6 Å². The van der Waals surface area contributed by atoms with Crippen molar-refractivity contribution in [1.82, 2.24) is 0 Å². The van der Waals surface area contributed by atoms with Crippen LogP contribution in [-0.2, 0) is 17.6 Å². The molecule has 0 atom stereocenters. The summed E-state index contributed by atoms with van der Waals surface area (Å²) in [4.78, 5) is 12.3. The Morgan fingerprint density at radius 1 is 0.963 bits per heavy atom. The third-order valence-electron chi connectivity index (χ3n) is 4.69. The minimum Gasteiger partial charge on any atom is -0.433 e. The molecule has 1 aliphatic carbocycles. The molecule has 4 rings (SSSR count). The van der Waals surface area contributed by atoms with Crippen LogP contribution in [0.2, 0.25) is 0 Å². The standard InChI is InChI=1S/C21H18F2N2O2/c22-21(23)27-18-7-2-1-6-17(18)25-19(26)12-24-16-11-10-14-9-8-13-4-3-5-15(16)20(13)14/h1-7,10-11,21,24H,8-9,12H2,(H,25,26). The normalized spacial score (nSPS) is 12.4. The molecule has 0 saturated heterocycles. The lowest BCUT2D eigenvalue weighted by Gasteiger charge is -2.13. The number of carbonyl (C=O) groups excluding carboxylic acids is 1. The zero-order chi connectivity index (χ0) is 18.8. The molecular weight excluding hydrogens is 350 g/mol. The van der Waals surface area contributed by atoms with Crippen LogP contribution in [0.5, 0.6) is 5.75 Å². The number of halogens is 2. The molecule has 0 saturated carbocycles. The molecule has 0 aromatic heterocycles. The highest BCUT2D eigenvalue weighted by Gasteiger charge is 2.16. The Morgan fingerprint density at radius 3 is 2.56 bits per heavy atom. The van der Waals surface area contributed by atoms with E-state index >= 15 is 0 Å². The lowest BCUT2D eigenvalue weighted by molar-refractivity contribution is -0.114. The molecule has 0 fully saturated rings. The first-order valence-corrected chi connectivity index (χ1v) is 8.73. The van der Waals surface area contributed by atoms with Crippen LogP contribution in [0.4, 0.5) is 20.2 Å². The van der Waals surface area contributed by atoms with E-state index in [1.54, 1.807) is 12.1 Å². The SMILES string of the molecule is O=C(CNc1ccc2c3c(cccc13)CC2)Nc1ccccc1OC(F)F. The quantitative estimate of drug-likeness (QED) is 0.669. The fraction of sp³-hybridized carbons (Fsp3) is 0.190. The maximum Gasteiger partial charge on any atom is 0.387 e. The third kappa shape index (κ3) is 3.56. The first-order valence-electron chi connectivity index (χ1n) is 8.73. The van der Waals surface area contributed by atoms with Crippen LogP contribution in [0.15, 0.2) is 54.6 Å². The molecule has 2 N–H and O–H groups in total. The van der Waals surface area contributed by atoms with Crippen LogP contribution in [-0.4, -0.2) is 19.1 Å². The van der Waals surface area contributed by atoms with Crippen molar-refractivity contribution in [3.8, 4) is 5.75 Å². The number of carbonyl (C=O) groups is 1. The van der Waals surface area contributed by atoms with Crippen LogP contribution in [0.1, 0.15) is 11.1 Å². The van der Waals surface area contributed by atoms with E-state index in [2.05, 4.69) is 27.5 Å². The van der Waals surface area contributed by atoms with Gasteiger partial charge in [-0.15, -0.1) is 0 Å². The molecule has 3 aromatic carbocycles. The van der Waals surface area contributed by atoms with Crippen LogP contribution in [0, 0.1) is 0 Å². The molecule has 4 nitrogen and oxygen atoms in total. The van der Waals surface area contributed by atoms with Gasteiger partial charge in [0.05, 0.1) is 12.2 Å². The molecular formula is C21H18F2N2O2. The summed E-state index contributed by atoms with van der Waals surface area (Å²) in [6.45, 7) is -2.93. The molecule has 1 amide bonds. The predicted molar refractivity (Wildman–Crippen MR) is 102 cm³/mol. The monoisotopic (exact) mass is 368 g/mol. The summed E-state index contributed by atoms with van der Waals surface area (Å²) < 4.78 is 29.4. The van der Waals surface area contributed by atoms with Gasteiger partial charge < -0.3 is 15.4 Å². The van der Waals surface area contributed by atoms with Crippen molar-refractivity contribution in [2.45, 2.75) is 19.5 Å². The number of amides is 1. The van der Waals surface area contributed by atoms with Crippen LogP contribution < -0.4 is 15.4 Å². The fourth-order valence-corrected chi connectivity index (χ4v) is 3.54. The van der Waals surface area contributed by atoms with Gasteiger partial charge in [-0.3, -0.25) is 4.79 Å². The maximum absolute atomic E-state index is 12.5. The first kappa shape index (κ1) is 17.3. The summed E-state index contributed by atoms with van der Waals surface area (Å²) in [6.07, 6.45) is 2.08. The molecule has 0 radical (unpaired) electrons. The summed E-state index contributed by atoms with van der Waals surface area (Å²) >= 11 is 0. The van der Waals surface area contributed by atoms with Gasteiger partial charge in [-0.2, -0.15) is 8.78 Å². The number of hydrogen-bond acceptors (Lipinski definition) is 3. The highest BCUT2D eigenvalue weighted by Crippen LogP contribution is 2.35. The highest BCUT2D eigenvalue weighted by molar-refractivity contribution is 6.01. The van der Waals surface area contributed by atoms with Crippen molar-refractivity contribution < 1.29 is 18.3 Å². The lowest BCUT2D eigenvalue weighted by Crippen LogP contribution is -2.22. The van der Waals surface area contributed by atoms with Crippen LogP contribution in [0.3, 0.4) is 0 Å². The van der Waals surface area contributed by atoms with E-state index in [9.17, 15) is 13.6 Å². The van der Waals surface area contributed by atoms with Gasteiger partial charge in [0, 0.05) is 11.1 Å². The average molecular weight is 368 g/mol. The van der Waals surface area contributed by atoms with Gasteiger partial charge >= 0.3 is 6.61 Å². The van der Waals surface area contributed by atoms with Crippen molar-refractivity contribution >= 4 is 28.1 Å². The number of benzene rings is 3. The van der Waals surface area contributed by atoms with Crippen molar-refractivity contribution in [3.05, 3.63) is 65.7 Å². The topological polar surface area (TPSA) is 50.4 Å². The zero-order valence-electron chi connectivity index (χ0n) is 14.5. The van der Waals surface area contributed by atoms with E-state index in [1.807, 2.05) is 18.2 Å². The smallest absolute Gasteiger partial charge is 0.387 e. The average Bonchev–Trinajstić information content (AvgIpc) is 3.07. The number of hydrogen-bond donors (Lipinski definition) is 2. The second-order valence-corrected chi connectivity index (χ2v) is 6.39. The van der Waals surface area contributed by atoms with Gasteiger partial charge in [-0.1, -0.05) is 36.4 Å². The number of nitrogens with one attached hydrogen (secondary N) is 2. The number of anilines is 2. The van der Waals surface area contributed by atoms with Gasteiger partial charge in [0.15, 0.2) is 0 Å². The largest absolute Gasteiger partial charge is 0.433 e. The fourth-order valence-electron chi connectivity index (χ4n) is 3.54. The Labute approximate surface area is 155 Å². The van der Waals surface area contributed by atoms with E-state index in [4.69, 9.17) is 0 Å². The van der Waals surface area contributed by atoms with E-state index in [1.165, 1.54) is 28.6 Å². The van der Waals surface area contributed by atoms with Gasteiger partial charge in [0.1, 0.15) is 5.75 Å². The summed E-state index contributed by atoms with van der Waals surface area (Å²) in [7, 11) is 0. The second-order valence-electron chi connectivity index (χ2n) is 6.39. The Bertz CT molecular complexity index is 994. The highest BCUT2D eigenvalue weighted by atomic mass is 19.3. The molecule has 0 spiro atoms. The summed E-state index contributed by atoms with van der Waals surface area (Å²) in [5, 5.41) is 8.12. The van der Waals surface area contributed by atoms with Crippen molar-refractivity contribution in [2.24, 2.45) is 0 Å². The third-order valence-corrected chi connectivity index (χ3v) is 4.69. The lowest BCUT2D eigenvalue weighted by atomic mass is 10.0. The van der Waals surface area contributed by atoms with E-state index in [0.29, 0.717) is 0 Å². The molecule has 1 aliphatic rings. The van der Waals surface area contributed by atoms with E-state index < -0.39 is 6.61 Å². The van der Waals surface area contributed by atoms with E-state index in [-0.39, 0.29) is 23.9 Å². The number of ether oxygens (including phenoxy) is 1. The predicted octanol–water partition coefficient (Wildman–Crippen LogP) is 4.59. The maximum atomic E-state index is 12.5. The second kappa shape index (κ2) is 7.23. The van der Waals surface area contributed by atoms with Gasteiger partial charge in [0.2, 0.25) is 5.91 Å². The Morgan fingerprint density at radius 2 is 1.74 bits per heavy atom. The molecule has 27 heavy (non-hydrogen) atoms. The molecule has 0 heterocycles. The molecule has 0 unspecified atom stereocenters. The zero-order valence-corrected chi connectivity index (χ0v) is 14.5. The Hall–Kier alpha value is -3.15. The minimum absolute atomic E-state index is 0.0156. The molecule has 138 valence electrons. The number of alkyl halides is 2. The molecule has 0 bridgehead atoms. The van der Waals surface area contributed by atoms with Crippen molar-refractivity contribution in [3.63, 3.8) is 0 Å². The Balaban J connectivity index is 1.48. The van der Waals surface area contributed by atoms with Gasteiger partial charge in [-0.25, -0.2) is 0 Å². The van der Waals surface area contributed by atoms with Crippen molar-refractivity contribution in [2.75, 3.05) is 17.2 Å². The molecule has 0 aliphatic heterocycles.